The summed E-state index contributed by atoms with van der Waals surface area (Å²) in [4.78, 5) is 11.8. The van der Waals surface area contributed by atoms with Crippen molar-refractivity contribution in [1.29, 1.82) is 0 Å². The van der Waals surface area contributed by atoms with Gasteiger partial charge in [-0.25, -0.2) is 8.42 Å². The summed E-state index contributed by atoms with van der Waals surface area (Å²) in [6.07, 6.45) is 5.51. The molecule has 1 amide bonds. The maximum atomic E-state index is 11.8. The van der Waals surface area contributed by atoms with E-state index in [1.807, 2.05) is 6.92 Å². The monoisotopic (exact) mass is 262 g/mol. The molecule has 1 rings (SSSR count). The second-order valence-corrected chi connectivity index (χ2v) is 7.54. The number of carbonyl (C=O) groups excluding carboxylic acids is 1. The van der Waals surface area contributed by atoms with Gasteiger partial charge in [-0.1, -0.05) is 12.8 Å². The Morgan fingerprint density at radius 2 is 1.94 bits per heavy atom. The predicted octanol–water partition coefficient (Wildman–Crippen LogP) is 0.197. The molecule has 1 saturated carbocycles. The quantitative estimate of drug-likeness (QED) is 0.740. The van der Waals surface area contributed by atoms with E-state index < -0.39 is 15.9 Å². The highest BCUT2D eigenvalue weighted by Crippen LogP contribution is 2.28. The molecule has 100 valence electrons. The van der Waals surface area contributed by atoms with Crippen LogP contribution in [0.3, 0.4) is 0 Å². The van der Waals surface area contributed by atoms with Crippen LogP contribution in [0.25, 0.3) is 0 Å². The van der Waals surface area contributed by atoms with Gasteiger partial charge in [-0.2, -0.15) is 0 Å². The molecule has 1 atom stereocenters. The Labute approximate surface area is 103 Å². The van der Waals surface area contributed by atoms with Gasteiger partial charge in [0.05, 0.1) is 11.8 Å². The third kappa shape index (κ3) is 5.04. The van der Waals surface area contributed by atoms with Gasteiger partial charge in [0.1, 0.15) is 9.84 Å². The summed E-state index contributed by atoms with van der Waals surface area (Å²) in [5.74, 6) is -0.281. The van der Waals surface area contributed by atoms with Gasteiger partial charge in [0.25, 0.3) is 0 Å². The zero-order valence-electron chi connectivity index (χ0n) is 10.5. The SMILES string of the molecule is CC1(NC(=O)C(N)CCS(C)(=O)=O)CCCC1. The molecule has 6 heteroatoms. The topological polar surface area (TPSA) is 89.3 Å². The summed E-state index contributed by atoms with van der Waals surface area (Å²) in [6, 6.07) is -0.734. The molecule has 1 unspecified atom stereocenters. The Balaban J connectivity index is 2.41. The first-order chi connectivity index (χ1) is 7.72. The van der Waals surface area contributed by atoms with Crippen molar-refractivity contribution in [3.8, 4) is 0 Å². The molecule has 0 aromatic heterocycles. The van der Waals surface area contributed by atoms with E-state index in [4.69, 9.17) is 5.73 Å². The molecule has 5 nitrogen and oxygen atoms in total. The van der Waals surface area contributed by atoms with Gasteiger partial charge in [-0.05, 0) is 26.2 Å². The average molecular weight is 262 g/mol. The standard InChI is InChI=1S/C11H22N2O3S/c1-11(6-3-4-7-11)13-10(14)9(12)5-8-17(2,15)16/h9H,3-8,12H2,1-2H3,(H,13,14). The fourth-order valence-electron chi connectivity index (χ4n) is 2.14. The van der Waals surface area contributed by atoms with Crippen molar-refractivity contribution in [2.45, 2.75) is 50.6 Å². The first kappa shape index (κ1) is 14.4. The molecule has 0 spiro atoms. The van der Waals surface area contributed by atoms with Gasteiger partial charge in [0.2, 0.25) is 5.91 Å². The van der Waals surface area contributed by atoms with Crippen LogP contribution < -0.4 is 11.1 Å². The van der Waals surface area contributed by atoms with E-state index >= 15 is 0 Å². The van der Waals surface area contributed by atoms with Crippen molar-refractivity contribution in [2.75, 3.05) is 12.0 Å². The van der Waals surface area contributed by atoms with E-state index in [2.05, 4.69) is 5.32 Å². The number of hydrogen-bond donors (Lipinski definition) is 2. The molecular weight excluding hydrogens is 240 g/mol. The molecule has 0 bridgehead atoms. The number of hydrogen-bond acceptors (Lipinski definition) is 4. The van der Waals surface area contributed by atoms with Crippen molar-refractivity contribution in [1.82, 2.24) is 5.32 Å². The molecule has 0 aliphatic heterocycles. The average Bonchev–Trinajstić information content (AvgIpc) is 2.60. The van der Waals surface area contributed by atoms with E-state index in [9.17, 15) is 13.2 Å². The Bertz CT molecular complexity index is 372. The first-order valence-electron chi connectivity index (χ1n) is 5.97. The van der Waals surface area contributed by atoms with E-state index in [0.717, 1.165) is 31.9 Å². The van der Waals surface area contributed by atoms with Crippen molar-refractivity contribution >= 4 is 15.7 Å². The molecule has 1 aliphatic carbocycles. The number of nitrogens with two attached hydrogens (primary N) is 1. The lowest BCUT2D eigenvalue weighted by atomic mass is 10.00. The number of amides is 1. The Kier molecular flexibility index (Phi) is 4.55. The fourth-order valence-corrected chi connectivity index (χ4v) is 2.82. The first-order valence-corrected chi connectivity index (χ1v) is 8.03. The van der Waals surface area contributed by atoms with Crippen molar-refractivity contribution in [2.24, 2.45) is 5.73 Å². The van der Waals surface area contributed by atoms with Crippen LogP contribution in [0.5, 0.6) is 0 Å². The summed E-state index contributed by atoms with van der Waals surface area (Å²) in [6.45, 7) is 2.02. The van der Waals surface area contributed by atoms with Crippen molar-refractivity contribution in [3.63, 3.8) is 0 Å². The van der Waals surface area contributed by atoms with Crippen LogP contribution in [-0.2, 0) is 14.6 Å². The van der Waals surface area contributed by atoms with Gasteiger partial charge >= 0.3 is 0 Å². The number of nitrogens with one attached hydrogen (secondary N) is 1. The molecule has 0 heterocycles. The zero-order valence-corrected chi connectivity index (χ0v) is 11.3. The lowest BCUT2D eigenvalue weighted by molar-refractivity contribution is -0.124. The van der Waals surface area contributed by atoms with Crippen LogP contribution in [0, 0.1) is 0 Å². The predicted molar refractivity (Wildman–Crippen MR) is 67.3 cm³/mol. The molecule has 0 aromatic carbocycles. The van der Waals surface area contributed by atoms with Crippen molar-refractivity contribution < 1.29 is 13.2 Å². The smallest absolute Gasteiger partial charge is 0.237 e. The van der Waals surface area contributed by atoms with E-state index in [0.29, 0.717) is 0 Å². The lowest BCUT2D eigenvalue weighted by Crippen LogP contribution is -2.51. The molecule has 0 aromatic rings. The Morgan fingerprint density at radius 1 is 1.41 bits per heavy atom. The molecular formula is C11H22N2O3S. The van der Waals surface area contributed by atoms with Gasteiger partial charge in [-0.15, -0.1) is 0 Å². The number of carbonyl (C=O) groups is 1. The summed E-state index contributed by atoms with van der Waals surface area (Å²) in [7, 11) is -3.06. The molecule has 0 saturated heterocycles. The maximum Gasteiger partial charge on any atom is 0.237 e. The normalized spacial score (nSPS) is 21.1. The van der Waals surface area contributed by atoms with Gasteiger partial charge in [-0.3, -0.25) is 4.79 Å². The zero-order chi connectivity index (χ0) is 13.1. The van der Waals surface area contributed by atoms with Crippen LogP contribution in [0.4, 0.5) is 0 Å². The molecule has 17 heavy (non-hydrogen) atoms. The van der Waals surface area contributed by atoms with Crippen LogP contribution in [0.2, 0.25) is 0 Å². The van der Waals surface area contributed by atoms with Gasteiger partial charge in [0.15, 0.2) is 0 Å². The van der Waals surface area contributed by atoms with E-state index in [1.54, 1.807) is 0 Å². The van der Waals surface area contributed by atoms with Gasteiger partial charge < -0.3 is 11.1 Å². The van der Waals surface area contributed by atoms with Crippen LogP contribution in [-0.4, -0.2) is 37.9 Å². The van der Waals surface area contributed by atoms with Gasteiger partial charge in [0, 0.05) is 11.8 Å². The minimum absolute atomic E-state index is 0.0434. The minimum atomic E-state index is -3.06. The second kappa shape index (κ2) is 5.35. The highest BCUT2D eigenvalue weighted by atomic mass is 32.2. The highest BCUT2D eigenvalue weighted by molar-refractivity contribution is 7.90. The molecule has 1 fully saturated rings. The number of rotatable bonds is 5. The van der Waals surface area contributed by atoms with Crippen molar-refractivity contribution in [3.05, 3.63) is 0 Å². The summed E-state index contributed by atoms with van der Waals surface area (Å²) >= 11 is 0. The third-order valence-corrected chi connectivity index (χ3v) is 4.25. The second-order valence-electron chi connectivity index (χ2n) is 5.28. The summed E-state index contributed by atoms with van der Waals surface area (Å²) in [5, 5.41) is 2.93. The molecule has 3 N–H and O–H groups in total. The van der Waals surface area contributed by atoms with Crippen LogP contribution in [0.15, 0.2) is 0 Å². The lowest BCUT2D eigenvalue weighted by Gasteiger charge is -2.27. The van der Waals surface area contributed by atoms with E-state index in [1.165, 1.54) is 0 Å². The highest BCUT2D eigenvalue weighted by Gasteiger charge is 2.31. The number of sulfone groups is 1. The minimum Gasteiger partial charge on any atom is -0.350 e. The Hall–Kier alpha value is -0.620. The van der Waals surface area contributed by atoms with Crippen LogP contribution in [0.1, 0.15) is 39.0 Å². The maximum absolute atomic E-state index is 11.8. The molecule has 0 radical (unpaired) electrons. The fraction of sp³-hybridized carbons (Fsp3) is 0.909. The summed E-state index contributed by atoms with van der Waals surface area (Å²) in [5.41, 5.74) is 5.53. The third-order valence-electron chi connectivity index (χ3n) is 3.27. The largest absolute Gasteiger partial charge is 0.350 e. The Morgan fingerprint density at radius 3 is 2.41 bits per heavy atom. The van der Waals surface area contributed by atoms with Crippen LogP contribution >= 0.6 is 0 Å². The molecule has 1 aliphatic rings. The van der Waals surface area contributed by atoms with E-state index in [-0.39, 0.29) is 23.6 Å². The summed E-state index contributed by atoms with van der Waals surface area (Å²) < 4.78 is 22.0.